The number of nitrogens with two attached hydrogens (primary N) is 1. The lowest BCUT2D eigenvalue weighted by atomic mass is 10.1. The van der Waals surface area contributed by atoms with Crippen molar-refractivity contribution < 1.29 is 17.6 Å². The first-order valence-electron chi connectivity index (χ1n) is 3.49. The second-order valence-electron chi connectivity index (χ2n) is 2.64. The minimum Gasteiger partial charge on any atom is -0.399 e. The third kappa shape index (κ3) is 2.93. The van der Waals surface area contributed by atoms with Gasteiger partial charge in [-0.15, -0.1) is 0 Å². The van der Waals surface area contributed by atoms with Gasteiger partial charge in [0.15, 0.2) is 0 Å². The molecule has 0 atom stereocenters. The smallest absolute Gasteiger partial charge is 0.393 e. The third-order valence-electron chi connectivity index (χ3n) is 1.47. The normalized spacial score (nSPS) is 11.7. The Balaban J connectivity index is 2.90. The predicted octanol–water partition coefficient (Wildman–Crippen LogP) is 2.51. The van der Waals surface area contributed by atoms with Crippen LogP contribution in [0.3, 0.4) is 0 Å². The molecule has 13 heavy (non-hydrogen) atoms. The molecule has 2 N–H and O–H groups in total. The summed E-state index contributed by atoms with van der Waals surface area (Å²) >= 11 is 0. The molecule has 0 radical (unpaired) electrons. The molecule has 0 saturated heterocycles. The number of benzene rings is 1. The maximum atomic E-state index is 12.8. The van der Waals surface area contributed by atoms with E-state index in [0.29, 0.717) is 0 Å². The molecule has 0 bridgehead atoms. The molecule has 0 aliphatic carbocycles. The molecule has 0 aliphatic heterocycles. The molecule has 0 heterocycles. The first kappa shape index (κ1) is 9.83. The summed E-state index contributed by atoms with van der Waals surface area (Å²) < 4.78 is 48.3. The van der Waals surface area contributed by atoms with Crippen LogP contribution in [0.1, 0.15) is 5.56 Å². The summed E-state index contributed by atoms with van der Waals surface area (Å²) in [6.45, 7) is 0. The Kier molecular flexibility index (Phi) is 2.45. The van der Waals surface area contributed by atoms with Crippen LogP contribution in [-0.2, 0) is 6.42 Å². The fraction of sp³-hybridized carbons (Fsp3) is 0.250. The number of hydrogen-bond donors (Lipinski definition) is 1. The van der Waals surface area contributed by atoms with E-state index in [-0.39, 0.29) is 11.3 Å². The summed E-state index contributed by atoms with van der Waals surface area (Å²) in [4.78, 5) is 0. The van der Waals surface area contributed by atoms with Gasteiger partial charge in [-0.05, 0) is 17.7 Å². The molecule has 0 unspecified atom stereocenters. The Bertz CT molecular complexity index is 306. The molecular formula is C8H7F4N. The minimum atomic E-state index is -4.39. The maximum absolute atomic E-state index is 12.8. The van der Waals surface area contributed by atoms with E-state index in [2.05, 4.69) is 0 Å². The van der Waals surface area contributed by atoms with Crippen LogP contribution in [-0.4, -0.2) is 6.18 Å². The molecular weight excluding hydrogens is 186 g/mol. The molecule has 0 aliphatic rings. The third-order valence-corrected chi connectivity index (χ3v) is 1.47. The van der Waals surface area contributed by atoms with Gasteiger partial charge >= 0.3 is 6.18 Å². The average Bonchev–Trinajstić information content (AvgIpc) is 1.93. The largest absolute Gasteiger partial charge is 0.399 e. The first-order valence-corrected chi connectivity index (χ1v) is 3.49. The highest BCUT2D eigenvalue weighted by Gasteiger charge is 2.28. The van der Waals surface area contributed by atoms with Gasteiger partial charge in [-0.25, -0.2) is 4.39 Å². The van der Waals surface area contributed by atoms with E-state index in [1.807, 2.05) is 0 Å². The Labute approximate surface area is 72.2 Å². The average molecular weight is 193 g/mol. The number of hydrogen-bond acceptors (Lipinski definition) is 1. The van der Waals surface area contributed by atoms with E-state index in [9.17, 15) is 17.6 Å². The van der Waals surface area contributed by atoms with Crippen molar-refractivity contribution >= 4 is 5.69 Å². The summed E-state index contributed by atoms with van der Waals surface area (Å²) in [5.41, 5.74) is 4.90. The zero-order chi connectivity index (χ0) is 10.1. The van der Waals surface area contributed by atoms with Gasteiger partial charge in [0.05, 0.1) is 6.42 Å². The lowest BCUT2D eigenvalue weighted by Gasteiger charge is -2.07. The van der Waals surface area contributed by atoms with Crippen LogP contribution in [0.15, 0.2) is 18.2 Å². The Morgan fingerprint density at radius 2 is 1.85 bits per heavy atom. The number of alkyl halides is 3. The highest BCUT2D eigenvalue weighted by molar-refractivity contribution is 5.40. The molecule has 0 saturated carbocycles. The second kappa shape index (κ2) is 3.24. The molecule has 1 nitrogen and oxygen atoms in total. The van der Waals surface area contributed by atoms with Gasteiger partial charge in [0.2, 0.25) is 0 Å². The topological polar surface area (TPSA) is 26.0 Å². The molecule has 1 aromatic carbocycles. The summed E-state index contributed by atoms with van der Waals surface area (Å²) in [5.74, 6) is -0.919. The van der Waals surface area contributed by atoms with Crippen LogP contribution in [0.4, 0.5) is 23.2 Å². The van der Waals surface area contributed by atoms with Crippen molar-refractivity contribution in [2.75, 3.05) is 5.73 Å². The summed E-state index contributed by atoms with van der Waals surface area (Å²) in [6.07, 6.45) is -5.66. The maximum Gasteiger partial charge on any atom is 0.393 e. The fourth-order valence-electron chi connectivity index (χ4n) is 0.923. The molecule has 5 heteroatoms. The van der Waals surface area contributed by atoms with Gasteiger partial charge in [0, 0.05) is 5.69 Å². The van der Waals surface area contributed by atoms with Crippen LogP contribution < -0.4 is 5.73 Å². The minimum absolute atomic E-state index is 0.114. The zero-order valence-electron chi connectivity index (χ0n) is 6.53. The SMILES string of the molecule is Nc1ccc(CC(F)(F)F)c(F)c1. The van der Waals surface area contributed by atoms with E-state index in [1.54, 1.807) is 0 Å². The van der Waals surface area contributed by atoms with Crippen molar-refractivity contribution in [3.05, 3.63) is 29.6 Å². The predicted molar refractivity (Wildman–Crippen MR) is 40.6 cm³/mol. The Morgan fingerprint density at radius 3 is 2.31 bits per heavy atom. The summed E-state index contributed by atoms with van der Waals surface area (Å²) in [7, 11) is 0. The standard InChI is InChI=1S/C8H7F4N/c9-7-3-6(13)2-1-5(7)4-8(10,11)12/h1-3H,4,13H2. The van der Waals surface area contributed by atoms with Crippen LogP contribution >= 0.6 is 0 Å². The zero-order valence-corrected chi connectivity index (χ0v) is 6.53. The quantitative estimate of drug-likeness (QED) is 0.538. The van der Waals surface area contributed by atoms with Crippen molar-refractivity contribution in [2.24, 2.45) is 0 Å². The summed E-state index contributed by atoms with van der Waals surface area (Å²) in [5, 5.41) is 0. The molecule has 0 aromatic heterocycles. The van der Waals surface area contributed by atoms with E-state index >= 15 is 0 Å². The van der Waals surface area contributed by atoms with Gasteiger partial charge in [0.1, 0.15) is 5.82 Å². The van der Waals surface area contributed by atoms with Crippen LogP contribution in [0, 0.1) is 5.82 Å². The first-order chi connectivity index (χ1) is 5.88. The number of nitrogen functional groups attached to an aromatic ring is 1. The van der Waals surface area contributed by atoms with Crippen LogP contribution in [0.2, 0.25) is 0 Å². The number of rotatable bonds is 1. The van der Waals surface area contributed by atoms with E-state index in [0.717, 1.165) is 12.1 Å². The van der Waals surface area contributed by atoms with Crippen molar-refractivity contribution in [2.45, 2.75) is 12.6 Å². The van der Waals surface area contributed by atoms with Crippen LogP contribution in [0.25, 0.3) is 0 Å². The van der Waals surface area contributed by atoms with Crippen molar-refractivity contribution in [1.29, 1.82) is 0 Å². The number of anilines is 1. The molecule has 1 aromatic rings. The summed E-state index contributed by atoms with van der Waals surface area (Å²) in [6, 6.07) is 3.16. The molecule has 0 fully saturated rings. The molecule has 0 amide bonds. The lowest BCUT2D eigenvalue weighted by Crippen LogP contribution is -2.12. The number of halogens is 4. The fourth-order valence-corrected chi connectivity index (χ4v) is 0.923. The highest BCUT2D eigenvalue weighted by Crippen LogP contribution is 2.23. The van der Waals surface area contributed by atoms with Crippen LogP contribution in [0.5, 0.6) is 0 Å². The molecule has 1 rings (SSSR count). The van der Waals surface area contributed by atoms with E-state index < -0.39 is 18.4 Å². The van der Waals surface area contributed by atoms with Crippen molar-refractivity contribution in [3.8, 4) is 0 Å². The monoisotopic (exact) mass is 193 g/mol. The molecule has 0 spiro atoms. The highest BCUT2D eigenvalue weighted by atomic mass is 19.4. The van der Waals surface area contributed by atoms with Crippen molar-refractivity contribution in [1.82, 2.24) is 0 Å². The Hall–Kier alpha value is -1.26. The van der Waals surface area contributed by atoms with Gasteiger partial charge in [-0.3, -0.25) is 0 Å². The Morgan fingerprint density at radius 1 is 1.23 bits per heavy atom. The van der Waals surface area contributed by atoms with Gasteiger partial charge in [-0.1, -0.05) is 6.07 Å². The molecule has 72 valence electrons. The lowest BCUT2D eigenvalue weighted by molar-refractivity contribution is -0.127. The second-order valence-corrected chi connectivity index (χ2v) is 2.64. The van der Waals surface area contributed by atoms with Gasteiger partial charge in [-0.2, -0.15) is 13.2 Å². The van der Waals surface area contributed by atoms with E-state index in [4.69, 9.17) is 5.73 Å². The van der Waals surface area contributed by atoms with Gasteiger partial charge < -0.3 is 5.73 Å². The van der Waals surface area contributed by atoms with E-state index in [1.165, 1.54) is 6.07 Å². The van der Waals surface area contributed by atoms with Gasteiger partial charge in [0.25, 0.3) is 0 Å². The van der Waals surface area contributed by atoms with Crippen molar-refractivity contribution in [3.63, 3.8) is 0 Å².